The zero-order valence-electron chi connectivity index (χ0n) is 19.9. The predicted molar refractivity (Wildman–Crippen MR) is 132 cm³/mol. The first-order valence-electron chi connectivity index (χ1n) is 11.7. The monoisotopic (exact) mass is 476 g/mol. The van der Waals surface area contributed by atoms with E-state index in [4.69, 9.17) is 9.47 Å². The maximum atomic E-state index is 13.2. The van der Waals surface area contributed by atoms with Crippen molar-refractivity contribution in [2.24, 2.45) is 0 Å². The lowest BCUT2D eigenvalue weighted by molar-refractivity contribution is -0.138. The number of methoxy groups -OCH3 is 1. The first-order valence-corrected chi connectivity index (χ1v) is 11.7. The van der Waals surface area contributed by atoms with Crippen LogP contribution >= 0.6 is 0 Å². The molecule has 7 heteroatoms. The summed E-state index contributed by atoms with van der Waals surface area (Å²) in [5.41, 5.74) is 3.27. The lowest BCUT2D eigenvalue weighted by Crippen LogP contribution is -2.40. The number of halogens is 1. The molecule has 1 heterocycles. The van der Waals surface area contributed by atoms with Gasteiger partial charge in [-0.2, -0.15) is 0 Å². The Labute approximate surface area is 204 Å². The third-order valence-electron chi connectivity index (χ3n) is 6.02. The molecular weight excluding hydrogens is 447 g/mol. The second-order valence-corrected chi connectivity index (χ2v) is 8.55. The molecule has 0 spiro atoms. The van der Waals surface area contributed by atoms with Gasteiger partial charge in [0, 0.05) is 24.3 Å². The molecule has 0 fully saturated rings. The lowest BCUT2D eigenvalue weighted by atomic mass is 10.1. The average molecular weight is 477 g/mol. The fourth-order valence-electron chi connectivity index (χ4n) is 4.12. The molecule has 0 radical (unpaired) electrons. The van der Waals surface area contributed by atoms with Crippen molar-refractivity contribution in [3.8, 4) is 11.5 Å². The molecule has 0 saturated carbocycles. The number of benzene rings is 3. The Morgan fingerprint density at radius 3 is 2.66 bits per heavy atom. The highest BCUT2D eigenvalue weighted by Gasteiger charge is 2.29. The summed E-state index contributed by atoms with van der Waals surface area (Å²) in [6.07, 6.45) is 0.794. The molecule has 0 saturated heterocycles. The van der Waals surface area contributed by atoms with Gasteiger partial charge in [0.05, 0.1) is 13.5 Å². The van der Waals surface area contributed by atoms with Crippen molar-refractivity contribution in [1.29, 1.82) is 0 Å². The standard InChI is InChI=1S/C28H29FN2O4/c1-3-25-28(33)31(14-13-19-7-9-22(29)10-8-19)18-21-17-23(11-12-26(21)35-25)30-27(32)16-20-5-4-6-24(15-20)34-2/h4-12,15,17,25H,3,13-14,16,18H2,1-2H3,(H,30,32)/t25-/m1/s1. The van der Waals surface area contributed by atoms with Gasteiger partial charge in [-0.05, 0) is 66.4 Å². The topological polar surface area (TPSA) is 67.9 Å². The highest BCUT2D eigenvalue weighted by atomic mass is 19.1. The van der Waals surface area contributed by atoms with Gasteiger partial charge in [-0.15, -0.1) is 0 Å². The van der Waals surface area contributed by atoms with Crippen LogP contribution < -0.4 is 14.8 Å². The number of carbonyl (C=O) groups excluding carboxylic acids is 2. The van der Waals surface area contributed by atoms with Crippen LogP contribution in [0.3, 0.4) is 0 Å². The number of hydrogen-bond donors (Lipinski definition) is 1. The van der Waals surface area contributed by atoms with E-state index in [1.807, 2.05) is 37.3 Å². The molecule has 1 N–H and O–H groups in total. The Hall–Kier alpha value is -3.87. The van der Waals surface area contributed by atoms with E-state index in [2.05, 4.69) is 5.32 Å². The molecular formula is C28H29FN2O4. The fraction of sp³-hybridized carbons (Fsp3) is 0.286. The summed E-state index contributed by atoms with van der Waals surface area (Å²) in [5.74, 6) is 0.834. The van der Waals surface area contributed by atoms with Gasteiger partial charge in [-0.1, -0.05) is 31.2 Å². The second kappa shape index (κ2) is 11.0. The van der Waals surface area contributed by atoms with Gasteiger partial charge >= 0.3 is 0 Å². The van der Waals surface area contributed by atoms with Gasteiger partial charge in [-0.25, -0.2) is 4.39 Å². The average Bonchev–Trinajstić information content (AvgIpc) is 2.99. The first kappa shape index (κ1) is 24.3. The minimum atomic E-state index is -0.571. The Bertz CT molecular complexity index is 1200. The number of amides is 2. The molecule has 0 unspecified atom stereocenters. The molecule has 1 atom stereocenters. The van der Waals surface area contributed by atoms with Crippen molar-refractivity contribution in [3.63, 3.8) is 0 Å². The molecule has 2 amide bonds. The van der Waals surface area contributed by atoms with Gasteiger partial charge in [-0.3, -0.25) is 9.59 Å². The van der Waals surface area contributed by atoms with Gasteiger partial charge < -0.3 is 19.7 Å². The third kappa shape index (κ3) is 6.18. The number of nitrogens with zero attached hydrogens (tertiary/aromatic N) is 1. The van der Waals surface area contributed by atoms with Crippen LogP contribution in [0.4, 0.5) is 10.1 Å². The maximum Gasteiger partial charge on any atom is 0.263 e. The molecule has 0 bridgehead atoms. The summed E-state index contributed by atoms with van der Waals surface area (Å²) in [6.45, 7) is 2.76. The van der Waals surface area contributed by atoms with Crippen LogP contribution in [-0.2, 0) is 29.0 Å². The zero-order valence-corrected chi connectivity index (χ0v) is 19.9. The smallest absolute Gasteiger partial charge is 0.263 e. The van der Waals surface area contributed by atoms with Crippen molar-refractivity contribution in [2.75, 3.05) is 19.0 Å². The van der Waals surface area contributed by atoms with Gasteiger partial charge in [0.2, 0.25) is 5.91 Å². The molecule has 0 aromatic heterocycles. The fourth-order valence-corrected chi connectivity index (χ4v) is 4.12. The van der Waals surface area contributed by atoms with Crippen molar-refractivity contribution < 1.29 is 23.5 Å². The SMILES string of the molecule is CC[C@H]1Oc2ccc(NC(=O)Cc3cccc(OC)c3)cc2CN(CCc2ccc(F)cc2)C1=O. The predicted octanol–water partition coefficient (Wildman–Crippen LogP) is 4.76. The molecule has 3 aromatic rings. The number of carbonyl (C=O) groups is 2. The van der Waals surface area contributed by atoms with Crippen molar-refractivity contribution in [2.45, 2.75) is 38.8 Å². The minimum absolute atomic E-state index is 0.0746. The van der Waals surface area contributed by atoms with E-state index in [-0.39, 0.29) is 24.1 Å². The highest BCUT2D eigenvalue weighted by Crippen LogP contribution is 2.29. The first-order chi connectivity index (χ1) is 16.9. The lowest BCUT2D eigenvalue weighted by Gasteiger charge is -2.23. The molecule has 6 nitrogen and oxygen atoms in total. The molecule has 0 aliphatic carbocycles. The molecule has 1 aliphatic heterocycles. The summed E-state index contributed by atoms with van der Waals surface area (Å²) in [6, 6.07) is 19.1. The Morgan fingerprint density at radius 2 is 1.91 bits per heavy atom. The minimum Gasteiger partial charge on any atom is -0.497 e. The van der Waals surface area contributed by atoms with E-state index < -0.39 is 6.10 Å². The number of ether oxygens (including phenoxy) is 2. The molecule has 3 aromatic carbocycles. The van der Waals surface area contributed by atoms with Gasteiger partial charge in [0.15, 0.2) is 6.10 Å². The van der Waals surface area contributed by atoms with E-state index in [1.54, 1.807) is 36.3 Å². The maximum absolute atomic E-state index is 13.2. The molecule has 1 aliphatic rings. The van der Waals surface area contributed by atoms with E-state index in [1.165, 1.54) is 12.1 Å². The number of rotatable bonds is 8. The summed E-state index contributed by atoms with van der Waals surface area (Å²) < 4.78 is 24.5. The van der Waals surface area contributed by atoms with Crippen molar-refractivity contribution >= 4 is 17.5 Å². The Morgan fingerprint density at radius 1 is 1.11 bits per heavy atom. The van der Waals surface area contributed by atoms with Crippen LogP contribution in [-0.4, -0.2) is 36.5 Å². The Kier molecular flexibility index (Phi) is 7.65. The third-order valence-corrected chi connectivity index (χ3v) is 6.02. The van der Waals surface area contributed by atoms with E-state index in [9.17, 15) is 14.0 Å². The molecule has 4 rings (SSSR count). The largest absolute Gasteiger partial charge is 0.497 e. The van der Waals surface area contributed by atoms with Gasteiger partial charge in [0.25, 0.3) is 5.91 Å². The number of hydrogen-bond acceptors (Lipinski definition) is 4. The zero-order chi connectivity index (χ0) is 24.8. The van der Waals surface area contributed by atoms with Crippen LogP contribution in [0.15, 0.2) is 66.7 Å². The van der Waals surface area contributed by atoms with Crippen LogP contribution in [0.1, 0.15) is 30.0 Å². The summed E-state index contributed by atoms with van der Waals surface area (Å²) in [7, 11) is 1.59. The second-order valence-electron chi connectivity index (χ2n) is 8.55. The summed E-state index contributed by atoms with van der Waals surface area (Å²) in [5, 5.41) is 2.94. The normalized spacial score (nSPS) is 15.1. The highest BCUT2D eigenvalue weighted by molar-refractivity contribution is 5.92. The van der Waals surface area contributed by atoms with Crippen LogP contribution in [0.5, 0.6) is 11.5 Å². The summed E-state index contributed by atoms with van der Waals surface area (Å²) in [4.78, 5) is 27.5. The molecule has 182 valence electrons. The van der Waals surface area contributed by atoms with Crippen LogP contribution in [0, 0.1) is 5.82 Å². The van der Waals surface area contributed by atoms with E-state index >= 15 is 0 Å². The van der Waals surface area contributed by atoms with E-state index in [0.717, 1.165) is 16.7 Å². The van der Waals surface area contributed by atoms with Crippen molar-refractivity contribution in [1.82, 2.24) is 4.90 Å². The Balaban J connectivity index is 1.47. The van der Waals surface area contributed by atoms with Crippen LogP contribution in [0.2, 0.25) is 0 Å². The number of anilines is 1. The quantitative estimate of drug-likeness (QED) is 0.509. The van der Waals surface area contributed by atoms with Gasteiger partial charge in [0.1, 0.15) is 17.3 Å². The van der Waals surface area contributed by atoms with Crippen LogP contribution in [0.25, 0.3) is 0 Å². The summed E-state index contributed by atoms with van der Waals surface area (Å²) >= 11 is 0. The van der Waals surface area contributed by atoms with Crippen molar-refractivity contribution in [3.05, 3.63) is 89.2 Å². The van der Waals surface area contributed by atoms with E-state index in [0.29, 0.717) is 43.1 Å². The number of fused-ring (bicyclic) bond motifs is 1. The number of nitrogens with one attached hydrogen (secondary N) is 1. The molecule has 35 heavy (non-hydrogen) atoms.